The molecule has 16 heteroatoms. The van der Waals surface area contributed by atoms with Gasteiger partial charge in [0.15, 0.2) is 0 Å². The lowest BCUT2D eigenvalue weighted by atomic mass is 9.97. The maximum atomic E-state index is 12.9. The lowest BCUT2D eigenvalue weighted by molar-refractivity contribution is -0.153. The number of nitrogens with one attached hydrogen (secondary N) is 2. The first-order valence-corrected chi connectivity index (χ1v) is 21.7. The molecule has 336 valence electrons. The average molecular weight is 871 g/mol. The van der Waals surface area contributed by atoms with Gasteiger partial charge in [-0.05, 0) is 68.5 Å². The van der Waals surface area contributed by atoms with Gasteiger partial charge in [0, 0.05) is 37.1 Å². The number of benzene rings is 4. The molecule has 0 fully saturated rings. The normalized spacial score (nSPS) is 12.0. The molecule has 0 unspecified atom stereocenters. The Hall–Kier alpha value is -7.10. The molecule has 0 saturated carbocycles. The van der Waals surface area contributed by atoms with Gasteiger partial charge < -0.3 is 20.0 Å². The molecular formula is C48H58N10O6. The minimum Gasteiger partial charge on any atom is -0.480 e. The number of hydrogen-bond acceptors (Lipinski definition) is 10. The first kappa shape index (κ1) is 47.9. The van der Waals surface area contributed by atoms with E-state index in [0.29, 0.717) is 24.5 Å². The van der Waals surface area contributed by atoms with Gasteiger partial charge in [-0.25, -0.2) is 9.59 Å². The largest absolute Gasteiger partial charge is 0.480 e. The Bertz CT molecular complexity index is 2230. The highest BCUT2D eigenvalue weighted by molar-refractivity contribution is 5.85. The third kappa shape index (κ3) is 12.5. The van der Waals surface area contributed by atoms with Crippen LogP contribution in [0.1, 0.15) is 91.2 Å². The fourth-order valence-corrected chi connectivity index (χ4v) is 7.57. The van der Waals surface area contributed by atoms with Gasteiger partial charge in [0.25, 0.3) is 0 Å². The second kappa shape index (κ2) is 23.4. The number of carboxylic acid groups (broad SMARTS) is 2. The summed E-state index contributed by atoms with van der Waals surface area (Å²) in [5, 5.41) is 48.1. The number of rotatable bonds is 20. The highest BCUT2D eigenvalue weighted by atomic mass is 16.4. The summed E-state index contributed by atoms with van der Waals surface area (Å²) in [6.07, 6.45) is 3.95. The number of carbonyl (C=O) groups excluding carboxylic acids is 2. The molecular weight excluding hydrogens is 813 g/mol. The van der Waals surface area contributed by atoms with Crippen LogP contribution in [-0.4, -0.2) is 97.1 Å². The van der Waals surface area contributed by atoms with Gasteiger partial charge in [0.2, 0.25) is 23.5 Å². The second-order valence-electron chi connectivity index (χ2n) is 16.3. The predicted molar refractivity (Wildman–Crippen MR) is 243 cm³/mol. The number of tetrazole rings is 2. The van der Waals surface area contributed by atoms with Crippen molar-refractivity contribution in [2.45, 2.75) is 105 Å². The SMILES string of the molecule is CCCCC(=O)N(Cc1ccc(-c2ccccc2-c2nn[nH]n2)cc1)[C@@H](C(=O)O)C(C)C.CCCCC(=O)N(Cc1ccc(-c2ccccc2-c2nn[nH]n2)cc1)[C@H](C(=O)O)C(C)C. The number of amides is 2. The van der Waals surface area contributed by atoms with Gasteiger partial charge in [-0.1, -0.05) is 151 Å². The molecule has 0 spiro atoms. The van der Waals surface area contributed by atoms with E-state index in [4.69, 9.17) is 0 Å². The van der Waals surface area contributed by atoms with Crippen LogP contribution in [0.4, 0.5) is 0 Å². The van der Waals surface area contributed by atoms with E-state index in [1.165, 1.54) is 9.80 Å². The number of unbranched alkanes of at least 4 members (excludes halogenated alkanes) is 2. The lowest BCUT2D eigenvalue weighted by Crippen LogP contribution is -2.47. The summed E-state index contributed by atoms with van der Waals surface area (Å²) >= 11 is 0. The van der Waals surface area contributed by atoms with E-state index in [1.807, 2.05) is 139 Å². The number of carbonyl (C=O) groups is 4. The van der Waals surface area contributed by atoms with E-state index in [-0.39, 0.29) is 36.7 Å². The van der Waals surface area contributed by atoms with E-state index < -0.39 is 24.0 Å². The van der Waals surface area contributed by atoms with Gasteiger partial charge in [-0.2, -0.15) is 10.4 Å². The smallest absolute Gasteiger partial charge is 0.326 e. The molecule has 0 aliphatic heterocycles. The minimum absolute atomic E-state index is 0.125. The lowest BCUT2D eigenvalue weighted by Gasteiger charge is -2.32. The summed E-state index contributed by atoms with van der Waals surface area (Å²) in [5.41, 5.74) is 7.33. The molecule has 4 aromatic carbocycles. The first-order valence-electron chi connectivity index (χ1n) is 21.7. The van der Waals surface area contributed by atoms with Crippen molar-refractivity contribution < 1.29 is 29.4 Å². The Labute approximate surface area is 373 Å². The van der Waals surface area contributed by atoms with Gasteiger partial charge in [-0.3, -0.25) is 9.59 Å². The van der Waals surface area contributed by atoms with Crippen molar-refractivity contribution in [3.63, 3.8) is 0 Å². The Morgan fingerprint density at radius 2 is 0.875 bits per heavy atom. The zero-order valence-corrected chi connectivity index (χ0v) is 37.3. The number of aliphatic carboxylic acids is 2. The molecule has 0 aliphatic rings. The summed E-state index contributed by atoms with van der Waals surface area (Å²) < 4.78 is 0. The van der Waals surface area contributed by atoms with Gasteiger partial charge in [0.1, 0.15) is 12.1 Å². The first-order chi connectivity index (χ1) is 30.8. The summed E-state index contributed by atoms with van der Waals surface area (Å²) in [6.45, 7) is 11.9. The van der Waals surface area contributed by atoms with Crippen LogP contribution in [0.2, 0.25) is 0 Å². The average Bonchev–Trinajstić information content (AvgIpc) is 4.04. The van der Waals surface area contributed by atoms with Gasteiger partial charge >= 0.3 is 11.9 Å². The third-order valence-corrected chi connectivity index (χ3v) is 10.8. The van der Waals surface area contributed by atoms with Crippen molar-refractivity contribution in [2.75, 3.05) is 0 Å². The molecule has 0 aliphatic carbocycles. The molecule has 0 radical (unpaired) electrons. The van der Waals surface area contributed by atoms with E-state index in [9.17, 15) is 29.4 Å². The fourth-order valence-electron chi connectivity index (χ4n) is 7.57. The van der Waals surface area contributed by atoms with E-state index >= 15 is 0 Å². The summed E-state index contributed by atoms with van der Waals surface area (Å²) in [5.74, 6) is -1.57. The molecule has 2 heterocycles. The van der Waals surface area contributed by atoms with Crippen LogP contribution in [-0.2, 0) is 32.3 Å². The molecule has 16 nitrogen and oxygen atoms in total. The maximum absolute atomic E-state index is 12.9. The van der Waals surface area contributed by atoms with Crippen molar-refractivity contribution in [1.82, 2.24) is 51.0 Å². The van der Waals surface area contributed by atoms with Crippen molar-refractivity contribution in [3.8, 4) is 45.0 Å². The zero-order chi connectivity index (χ0) is 46.2. The topological polar surface area (TPSA) is 224 Å². The number of H-pyrrole nitrogens is 2. The van der Waals surface area contributed by atoms with E-state index in [0.717, 1.165) is 70.2 Å². The molecule has 64 heavy (non-hydrogen) atoms. The molecule has 2 aromatic heterocycles. The van der Waals surface area contributed by atoms with Crippen LogP contribution in [0.15, 0.2) is 97.1 Å². The highest BCUT2D eigenvalue weighted by Crippen LogP contribution is 2.32. The highest BCUT2D eigenvalue weighted by Gasteiger charge is 2.33. The number of aromatic nitrogens is 8. The van der Waals surface area contributed by atoms with Crippen LogP contribution < -0.4 is 0 Å². The van der Waals surface area contributed by atoms with E-state index in [1.54, 1.807) is 0 Å². The Balaban J connectivity index is 0.000000241. The second-order valence-corrected chi connectivity index (χ2v) is 16.3. The molecule has 0 saturated heterocycles. The van der Waals surface area contributed by atoms with Gasteiger partial charge in [0.05, 0.1) is 0 Å². The van der Waals surface area contributed by atoms with Crippen molar-refractivity contribution >= 4 is 23.8 Å². The molecule has 2 atom stereocenters. The van der Waals surface area contributed by atoms with Crippen molar-refractivity contribution in [2.24, 2.45) is 11.8 Å². The predicted octanol–water partition coefficient (Wildman–Crippen LogP) is 8.32. The molecule has 4 N–H and O–H groups in total. The van der Waals surface area contributed by atoms with Crippen LogP contribution in [0.25, 0.3) is 45.0 Å². The van der Waals surface area contributed by atoms with Crippen molar-refractivity contribution in [1.29, 1.82) is 0 Å². The van der Waals surface area contributed by atoms with Crippen LogP contribution in [0, 0.1) is 11.8 Å². The Morgan fingerprint density at radius 3 is 1.16 bits per heavy atom. The molecule has 0 bridgehead atoms. The summed E-state index contributed by atoms with van der Waals surface area (Å²) in [7, 11) is 0. The molecule has 6 rings (SSSR count). The number of carboxylic acids is 2. The van der Waals surface area contributed by atoms with Crippen LogP contribution in [0.3, 0.4) is 0 Å². The van der Waals surface area contributed by atoms with Crippen molar-refractivity contribution in [3.05, 3.63) is 108 Å². The number of hydrogen-bond donors (Lipinski definition) is 4. The van der Waals surface area contributed by atoms with Crippen LogP contribution >= 0.6 is 0 Å². The number of nitrogens with zero attached hydrogens (tertiary/aromatic N) is 8. The maximum Gasteiger partial charge on any atom is 0.326 e. The standard InChI is InChI=1S/2C24H29N5O3/c2*1-4-5-10-21(30)29(22(16(2)3)24(31)32)15-17-11-13-18(14-12-17)19-8-6-7-9-20(19)23-25-27-28-26-23/h2*6-9,11-14,16,22H,4-5,10,15H2,1-3H3,(H,31,32)(H,25,26,27,28)/t2*22-/m10/s1. The van der Waals surface area contributed by atoms with Gasteiger partial charge in [-0.15, -0.1) is 20.4 Å². The number of aromatic amines is 2. The summed E-state index contributed by atoms with van der Waals surface area (Å²) in [4.78, 5) is 52.6. The third-order valence-electron chi connectivity index (χ3n) is 10.8. The summed E-state index contributed by atoms with van der Waals surface area (Å²) in [6, 6.07) is 29.4. The van der Waals surface area contributed by atoms with Crippen LogP contribution in [0.5, 0.6) is 0 Å². The Morgan fingerprint density at radius 1 is 0.531 bits per heavy atom. The molecule has 6 aromatic rings. The fraction of sp³-hybridized carbons (Fsp3) is 0.375. The van der Waals surface area contributed by atoms with E-state index in [2.05, 4.69) is 41.2 Å². The minimum atomic E-state index is -0.976. The Kier molecular flexibility index (Phi) is 17.5. The monoisotopic (exact) mass is 870 g/mol. The molecule has 2 amide bonds. The quantitative estimate of drug-likeness (QED) is 0.0568. The zero-order valence-electron chi connectivity index (χ0n) is 37.3.